The number of nitrogens with one attached hydrogen (secondary N) is 1. The average molecular weight is 388 g/mol. The molecule has 0 radical (unpaired) electrons. The van der Waals surface area contributed by atoms with Gasteiger partial charge in [0.25, 0.3) is 5.91 Å². The summed E-state index contributed by atoms with van der Waals surface area (Å²) in [4.78, 5) is 25.7. The van der Waals surface area contributed by atoms with E-state index >= 15 is 0 Å². The normalized spacial score (nSPS) is 11.9. The summed E-state index contributed by atoms with van der Waals surface area (Å²) in [5.41, 5.74) is 6.33. The van der Waals surface area contributed by atoms with E-state index in [1.165, 1.54) is 17.0 Å². The van der Waals surface area contributed by atoms with Gasteiger partial charge in [-0.05, 0) is 36.5 Å². The maximum absolute atomic E-state index is 14.2. The van der Waals surface area contributed by atoms with E-state index in [1.54, 1.807) is 7.05 Å². The molecular weight excluding hydrogens is 357 g/mol. The van der Waals surface area contributed by atoms with Gasteiger partial charge in [0.1, 0.15) is 5.82 Å². The summed E-state index contributed by atoms with van der Waals surface area (Å²) < 4.78 is 14.2. The maximum atomic E-state index is 14.2. The summed E-state index contributed by atoms with van der Waals surface area (Å²) in [6.45, 7) is 8.41. The lowest BCUT2D eigenvalue weighted by Gasteiger charge is -2.21. The summed E-state index contributed by atoms with van der Waals surface area (Å²) in [5.74, 6) is -0.595. The second-order valence-corrected chi connectivity index (χ2v) is 7.26. The molecule has 7 heteroatoms. The quantitative estimate of drug-likeness (QED) is 0.714. The molecule has 0 saturated carbocycles. The van der Waals surface area contributed by atoms with Gasteiger partial charge >= 0.3 is 0 Å². The Morgan fingerprint density at radius 3 is 2.35 bits per heavy atom. The van der Waals surface area contributed by atoms with Gasteiger partial charge in [-0.2, -0.15) is 0 Å². The SMILES string of the molecule is CC(C)CC(=O)Nc1ccc(C(=O)N(C)CCC(N)C(C)C)cc1F.Cl. The molecule has 0 aliphatic heterocycles. The van der Waals surface area contributed by atoms with Gasteiger partial charge in [0, 0.05) is 31.6 Å². The van der Waals surface area contributed by atoms with Gasteiger partial charge in [0.2, 0.25) is 5.91 Å². The summed E-state index contributed by atoms with van der Waals surface area (Å²) in [5, 5.41) is 2.53. The van der Waals surface area contributed by atoms with E-state index < -0.39 is 5.82 Å². The molecule has 0 bridgehead atoms. The highest BCUT2D eigenvalue weighted by atomic mass is 35.5. The van der Waals surface area contributed by atoms with Crippen LogP contribution in [0.3, 0.4) is 0 Å². The molecule has 0 fully saturated rings. The average Bonchev–Trinajstić information content (AvgIpc) is 2.52. The van der Waals surface area contributed by atoms with Crippen molar-refractivity contribution >= 4 is 29.9 Å². The minimum absolute atomic E-state index is 0. The molecule has 2 amide bonds. The standard InChI is InChI=1S/C19H30FN3O2.ClH/c1-12(2)10-18(24)22-17-7-6-14(11-15(17)20)19(25)23(5)9-8-16(21)13(3)4;/h6-7,11-13,16H,8-10,21H2,1-5H3,(H,22,24);1H. The van der Waals surface area contributed by atoms with Crippen LogP contribution in [0.2, 0.25) is 0 Å². The second kappa shape index (κ2) is 11.1. The third kappa shape index (κ3) is 7.70. The molecule has 0 aliphatic carbocycles. The van der Waals surface area contributed by atoms with Crippen molar-refractivity contribution in [3.05, 3.63) is 29.6 Å². The van der Waals surface area contributed by atoms with Crippen LogP contribution < -0.4 is 11.1 Å². The first-order valence-electron chi connectivity index (χ1n) is 8.72. The lowest BCUT2D eigenvalue weighted by molar-refractivity contribution is -0.116. The number of nitrogens with two attached hydrogens (primary N) is 1. The van der Waals surface area contributed by atoms with Crippen LogP contribution in [0.4, 0.5) is 10.1 Å². The number of hydrogen-bond acceptors (Lipinski definition) is 3. The number of hydrogen-bond donors (Lipinski definition) is 2. The number of carbonyl (C=O) groups excluding carboxylic acids is 2. The summed E-state index contributed by atoms with van der Waals surface area (Å²) in [6, 6.07) is 4.13. The molecule has 1 aromatic carbocycles. The minimum atomic E-state index is -0.616. The zero-order valence-corrected chi connectivity index (χ0v) is 17.0. The minimum Gasteiger partial charge on any atom is -0.342 e. The molecule has 1 rings (SSSR count). The van der Waals surface area contributed by atoms with Crippen LogP contribution in [0.25, 0.3) is 0 Å². The van der Waals surface area contributed by atoms with Gasteiger partial charge in [-0.25, -0.2) is 4.39 Å². The number of carbonyl (C=O) groups is 2. The Labute approximate surface area is 161 Å². The number of benzene rings is 1. The molecule has 1 atom stereocenters. The zero-order chi connectivity index (χ0) is 19.1. The molecule has 1 unspecified atom stereocenters. The van der Waals surface area contributed by atoms with E-state index in [0.717, 1.165) is 6.07 Å². The van der Waals surface area contributed by atoms with Crippen molar-refractivity contribution < 1.29 is 14.0 Å². The zero-order valence-electron chi connectivity index (χ0n) is 16.2. The summed E-state index contributed by atoms with van der Waals surface area (Å²) >= 11 is 0. The molecule has 0 saturated heterocycles. The molecule has 0 heterocycles. The Balaban J connectivity index is 0.00000625. The first-order chi connectivity index (χ1) is 11.6. The molecule has 26 heavy (non-hydrogen) atoms. The van der Waals surface area contributed by atoms with Crippen LogP contribution in [0, 0.1) is 17.7 Å². The molecule has 148 valence electrons. The van der Waals surface area contributed by atoms with Crippen LogP contribution in [0.15, 0.2) is 18.2 Å². The van der Waals surface area contributed by atoms with Crippen molar-refractivity contribution in [3.63, 3.8) is 0 Å². The van der Waals surface area contributed by atoms with Crippen molar-refractivity contribution in [1.29, 1.82) is 0 Å². The van der Waals surface area contributed by atoms with Gasteiger partial charge in [0.15, 0.2) is 0 Å². The fourth-order valence-electron chi connectivity index (χ4n) is 2.32. The molecule has 0 aromatic heterocycles. The lowest BCUT2D eigenvalue weighted by Crippen LogP contribution is -2.34. The lowest BCUT2D eigenvalue weighted by atomic mass is 10.0. The third-order valence-corrected chi connectivity index (χ3v) is 4.08. The van der Waals surface area contributed by atoms with Gasteiger partial charge in [-0.1, -0.05) is 27.7 Å². The third-order valence-electron chi connectivity index (χ3n) is 4.08. The molecular formula is C19H31ClFN3O2. The van der Waals surface area contributed by atoms with Crippen LogP contribution >= 0.6 is 12.4 Å². The summed E-state index contributed by atoms with van der Waals surface area (Å²) in [6.07, 6.45) is 1.00. The van der Waals surface area contributed by atoms with Crippen molar-refractivity contribution in [3.8, 4) is 0 Å². The molecule has 5 nitrogen and oxygen atoms in total. The number of nitrogens with zero attached hydrogens (tertiary/aromatic N) is 1. The Bertz CT molecular complexity index is 608. The first-order valence-corrected chi connectivity index (χ1v) is 8.72. The Morgan fingerprint density at radius 1 is 1.23 bits per heavy atom. The Morgan fingerprint density at radius 2 is 1.85 bits per heavy atom. The number of anilines is 1. The molecule has 3 N–H and O–H groups in total. The van der Waals surface area contributed by atoms with Crippen molar-refractivity contribution in [1.82, 2.24) is 4.90 Å². The Kier molecular flexibility index (Phi) is 10.4. The topological polar surface area (TPSA) is 75.4 Å². The van der Waals surface area contributed by atoms with Gasteiger partial charge in [-0.3, -0.25) is 9.59 Å². The van der Waals surface area contributed by atoms with Crippen molar-refractivity contribution in [2.45, 2.75) is 46.6 Å². The van der Waals surface area contributed by atoms with E-state index in [1.807, 2.05) is 27.7 Å². The summed E-state index contributed by atoms with van der Waals surface area (Å²) in [7, 11) is 1.67. The van der Waals surface area contributed by atoms with E-state index in [0.29, 0.717) is 25.3 Å². The number of halogens is 2. The smallest absolute Gasteiger partial charge is 0.253 e. The van der Waals surface area contributed by atoms with Crippen LogP contribution in [-0.2, 0) is 4.79 Å². The molecule has 0 aliphatic rings. The number of rotatable bonds is 8. The highest BCUT2D eigenvalue weighted by Crippen LogP contribution is 2.18. The predicted molar refractivity (Wildman–Crippen MR) is 106 cm³/mol. The van der Waals surface area contributed by atoms with E-state index in [-0.39, 0.29) is 47.4 Å². The first kappa shape index (κ1) is 24.3. The highest BCUT2D eigenvalue weighted by Gasteiger charge is 2.17. The largest absolute Gasteiger partial charge is 0.342 e. The van der Waals surface area contributed by atoms with Crippen LogP contribution in [-0.4, -0.2) is 36.3 Å². The van der Waals surface area contributed by atoms with Gasteiger partial charge in [-0.15, -0.1) is 12.4 Å². The van der Waals surface area contributed by atoms with Crippen molar-refractivity contribution in [2.75, 3.05) is 18.9 Å². The van der Waals surface area contributed by atoms with E-state index in [9.17, 15) is 14.0 Å². The predicted octanol–water partition coefficient (Wildman–Crippen LogP) is 3.68. The number of amides is 2. The fourth-order valence-corrected chi connectivity index (χ4v) is 2.32. The van der Waals surface area contributed by atoms with Gasteiger partial charge in [0.05, 0.1) is 5.69 Å². The fraction of sp³-hybridized carbons (Fsp3) is 0.579. The van der Waals surface area contributed by atoms with E-state index in [4.69, 9.17) is 5.73 Å². The molecule has 1 aromatic rings. The van der Waals surface area contributed by atoms with Crippen LogP contribution in [0.1, 0.15) is 50.9 Å². The molecule has 0 spiro atoms. The van der Waals surface area contributed by atoms with Crippen molar-refractivity contribution in [2.24, 2.45) is 17.6 Å². The second-order valence-electron chi connectivity index (χ2n) is 7.26. The monoisotopic (exact) mass is 387 g/mol. The maximum Gasteiger partial charge on any atom is 0.253 e. The highest BCUT2D eigenvalue weighted by molar-refractivity contribution is 5.95. The van der Waals surface area contributed by atoms with Gasteiger partial charge < -0.3 is 16.0 Å². The van der Waals surface area contributed by atoms with Crippen LogP contribution in [0.5, 0.6) is 0 Å². The van der Waals surface area contributed by atoms with E-state index in [2.05, 4.69) is 5.32 Å². The Hall–Kier alpha value is -1.66.